The van der Waals surface area contributed by atoms with Crippen molar-refractivity contribution in [3.8, 4) is 0 Å². The van der Waals surface area contributed by atoms with Crippen LogP contribution in [-0.4, -0.2) is 33.5 Å². The summed E-state index contributed by atoms with van der Waals surface area (Å²) in [5, 5.41) is 20.6. The highest BCUT2D eigenvalue weighted by molar-refractivity contribution is 5.65. The summed E-state index contributed by atoms with van der Waals surface area (Å²) in [5.74, 6) is 0. The van der Waals surface area contributed by atoms with E-state index >= 15 is 0 Å². The van der Waals surface area contributed by atoms with Crippen LogP contribution in [-0.2, 0) is 13.0 Å². The van der Waals surface area contributed by atoms with Crippen LogP contribution in [0, 0.1) is 0 Å². The van der Waals surface area contributed by atoms with Crippen molar-refractivity contribution in [1.82, 2.24) is 10.4 Å². The summed E-state index contributed by atoms with van der Waals surface area (Å²) in [5.41, 5.74) is 4.86. The molecule has 3 N–H and O–H groups in total. The number of nitrogens with zero attached hydrogens (tertiary/aromatic N) is 1. The third-order valence-corrected chi connectivity index (χ3v) is 3.68. The maximum absolute atomic E-state index is 11.6. The maximum atomic E-state index is 11.6. The minimum atomic E-state index is -1.11. The number of nitrogens with one attached hydrogen (secondary N) is 1. The van der Waals surface area contributed by atoms with E-state index in [-0.39, 0.29) is 0 Å². The van der Waals surface area contributed by atoms with Crippen LogP contribution >= 0.6 is 0 Å². The van der Waals surface area contributed by atoms with Gasteiger partial charge in [0.05, 0.1) is 12.1 Å². The molecule has 1 amide bonds. The molecule has 2 atom stereocenters. The summed E-state index contributed by atoms with van der Waals surface area (Å²) < 4.78 is 0. The molecule has 0 bridgehead atoms. The molecule has 0 heterocycles. The normalized spacial score (nSPS) is 13.3. The monoisotopic (exact) mass is 314 g/mol. The number of hydrazine groups is 1. The number of aliphatic hydroxyl groups is 1. The highest BCUT2D eigenvalue weighted by Crippen LogP contribution is 2.12. The fraction of sp³-hybridized carbons (Fsp3) is 0.278. The average Bonchev–Trinajstić information content (AvgIpc) is 2.55. The fourth-order valence-electron chi connectivity index (χ4n) is 2.43. The first-order valence-electron chi connectivity index (χ1n) is 7.59. The lowest BCUT2D eigenvalue weighted by atomic mass is 10.0. The van der Waals surface area contributed by atoms with Gasteiger partial charge in [-0.3, -0.25) is 0 Å². The molecule has 5 nitrogen and oxygen atoms in total. The van der Waals surface area contributed by atoms with Gasteiger partial charge in [0.2, 0.25) is 0 Å². The van der Waals surface area contributed by atoms with Gasteiger partial charge >= 0.3 is 6.09 Å². The average molecular weight is 314 g/mol. The molecule has 2 aromatic carbocycles. The zero-order valence-electron chi connectivity index (χ0n) is 13.1. The molecule has 0 aliphatic carbocycles. The second kappa shape index (κ2) is 8.31. The number of hydrogen-bond donors (Lipinski definition) is 3. The standard InChI is InChI=1S/C18H22N2O3/c1-14(21)17(12-15-8-4-2-5-9-15)20(18(22)23)19-13-16-10-6-3-7-11-16/h2-11,14,17,19,21H,12-13H2,1H3,(H,22,23). The SMILES string of the molecule is CC(O)C(Cc1ccccc1)N(NCc1ccccc1)C(=O)O. The van der Waals surface area contributed by atoms with E-state index in [0.717, 1.165) is 16.1 Å². The summed E-state index contributed by atoms with van der Waals surface area (Å²) in [7, 11) is 0. The Kier molecular flexibility index (Phi) is 6.14. The number of benzene rings is 2. The first-order chi connectivity index (χ1) is 11.1. The van der Waals surface area contributed by atoms with Crippen molar-refractivity contribution in [2.24, 2.45) is 0 Å². The number of carbonyl (C=O) groups is 1. The van der Waals surface area contributed by atoms with Gasteiger partial charge in [-0.2, -0.15) is 0 Å². The van der Waals surface area contributed by atoms with Crippen molar-refractivity contribution in [3.63, 3.8) is 0 Å². The second-order valence-electron chi connectivity index (χ2n) is 5.47. The van der Waals surface area contributed by atoms with Crippen LogP contribution in [0.15, 0.2) is 60.7 Å². The Morgan fingerprint density at radius 3 is 2.04 bits per heavy atom. The fourth-order valence-corrected chi connectivity index (χ4v) is 2.43. The van der Waals surface area contributed by atoms with E-state index in [1.54, 1.807) is 6.92 Å². The number of amides is 1. The van der Waals surface area contributed by atoms with Crippen molar-refractivity contribution in [2.45, 2.75) is 32.0 Å². The van der Waals surface area contributed by atoms with Gasteiger partial charge < -0.3 is 10.2 Å². The van der Waals surface area contributed by atoms with Crippen molar-refractivity contribution < 1.29 is 15.0 Å². The quantitative estimate of drug-likeness (QED) is 0.687. The van der Waals surface area contributed by atoms with Crippen molar-refractivity contribution in [3.05, 3.63) is 71.8 Å². The third-order valence-electron chi connectivity index (χ3n) is 3.68. The summed E-state index contributed by atoms with van der Waals surface area (Å²) >= 11 is 0. The van der Waals surface area contributed by atoms with Crippen LogP contribution in [0.5, 0.6) is 0 Å². The molecule has 0 radical (unpaired) electrons. The Bertz CT molecular complexity index is 602. The van der Waals surface area contributed by atoms with E-state index in [1.165, 1.54) is 0 Å². The molecule has 2 aromatic rings. The molecule has 0 fully saturated rings. The Morgan fingerprint density at radius 2 is 1.57 bits per heavy atom. The Morgan fingerprint density at radius 1 is 1.04 bits per heavy atom. The molecule has 5 heteroatoms. The number of hydrogen-bond acceptors (Lipinski definition) is 3. The Labute approximate surface area is 136 Å². The number of aliphatic hydroxyl groups excluding tert-OH is 1. The van der Waals surface area contributed by atoms with Gasteiger partial charge in [-0.25, -0.2) is 15.2 Å². The predicted octanol–water partition coefficient (Wildman–Crippen LogP) is 2.66. The van der Waals surface area contributed by atoms with Crippen LogP contribution in [0.1, 0.15) is 18.1 Å². The van der Waals surface area contributed by atoms with Crippen molar-refractivity contribution in [2.75, 3.05) is 0 Å². The minimum absolute atomic E-state index is 0.380. The zero-order valence-corrected chi connectivity index (χ0v) is 13.1. The van der Waals surface area contributed by atoms with Gasteiger partial charge in [0.1, 0.15) is 0 Å². The third kappa shape index (κ3) is 5.09. The molecular formula is C18H22N2O3. The molecule has 2 unspecified atom stereocenters. The number of rotatable bonds is 7. The molecule has 0 saturated carbocycles. The van der Waals surface area contributed by atoms with Crippen LogP contribution < -0.4 is 5.43 Å². The van der Waals surface area contributed by atoms with Gasteiger partial charge in [0, 0.05) is 6.54 Å². The van der Waals surface area contributed by atoms with Gasteiger partial charge in [-0.1, -0.05) is 60.7 Å². The molecule has 122 valence electrons. The second-order valence-corrected chi connectivity index (χ2v) is 5.47. The smallest absolute Gasteiger partial charge is 0.422 e. The predicted molar refractivity (Wildman–Crippen MR) is 88.8 cm³/mol. The lowest BCUT2D eigenvalue weighted by Crippen LogP contribution is -2.53. The lowest BCUT2D eigenvalue weighted by Gasteiger charge is -2.32. The summed E-state index contributed by atoms with van der Waals surface area (Å²) in [6.45, 7) is 1.99. The van der Waals surface area contributed by atoms with Gasteiger partial charge in [-0.05, 0) is 24.5 Å². The largest absolute Gasteiger partial charge is 0.464 e. The molecule has 0 aromatic heterocycles. The summed E-state index contributed by atoms with van der Waals surface area (Å²) in [4.78, 5) is 11.6. The Hall–Kier alpha value is -2.37. The highest BCUT2D eigenvalue weighted by Gasteiger charge is 2.27. The van der Waals surface area contributed by atoms with Crippen LogP contribution in [0.25, 0.3) is 0 Å². The maximum Gasteiger partial charge on any atom is 0.422 e. The van der Waals surface area contributed by atoms with E-state index < -0.39 is 18.2 Å². The summed E-state index contributed by atoms with van der Waals surface area (Å²) in [6.07, 6.45) is -1.47. The molecule has 0 spiro atoms. The van der Waals surface area contributed by atoms with E-state index in [1.807, 2.05) is 60.7 Å². The lowest BCUT2D eigenvalue weighted by molar-refractivity contribution is 0.0293. The first-order valence-corrected chi connectivity index (χ1v) is 7.59. The van der Waals surface area contributed by atoms with E-state index in [0.29, 0.717) is 13.0 Å². The van der Waals surface area contributed by atoms with E-state index in [2.05, 4.69) is 5.43 Å². The topological polar surface area (TPSA) is 72.8 Å². The van der Waals surface area contributed by atoms with E-state index in [4.69, 9.17) is 0 Å². The highest BCUT2D eigenvalue weighted by atomic mass is 16.4. The van der Waals surface area contributed by atoms with Gasteiger partial charge in [0.15, 0.2) is 0 Å². The molecular weight excluding hydrogens is 292 g/mol. The number of carboxylic acid groups (broad SMARTS) is 1. The van der Waals surface area contributed by atoms with Crippen LogP contribution in [0.2, 0.25) is 0 Å². The van der Waals surface area contributed by atoms with E-state index in [9.17, 15) is 15.0 Å². The molecule has 0 saturated heterocycles. The first kappa shape index (κ1) is 17.0. The molecule has 0 aliphatic heterocycles. The van der Waals surface area contributed by atoms with Crippen LogP contribution in [0.3, 0.4) is 0 Å². The van der Waals surface area contributed by atoms with Crippen molar-refractivity contribution in [1.29, 1.82) is 0 Å². The minimum Gasteiger partial charge on any atom is -0.464 e. The van der Waals surface area contributed by atoms with Crippen LogP contribution in [0.4, 0.5) is 4.79 Å². The molecule has 0 aliphatic rings. The molecule has 2 rings (SSSR count). The molecule has 23 heavy (non-hydrogen) atoms. The zero-order chi connectivity index (χ0) is 16.7. The summed E-state index contributed by atoms with van der Waals surface area (Å²) in [6, 6.07) is 18.5. The van der Waals surface area contributed by atoms with Gasteiger partial charge in [0.25, 0.3) is 0 Å². The van der Waals surface area contributed by atoms with Crippen molar-refractivity contribution >= 4 is 6.09 Å². The Balaban J connectivity index is 2.10. The van der Waals surface area contributed by atoms with Gasteiger partial charge in [-0.15, -0.1) is 0 Å².